The van der Waals surface area contributed by atoms with Crippen LogP contribution in [0.25, 0.3) is 54.9 Å². The minimum Gasteiger partial charge on any atom is -0.444 e. The monoisotopic (exact) mass is 1840 g/mol. The number of allylic oxidation sites excluding steroid dienone is 3. The predicted molar refractivity (Wildman–Crippen MR) is 431 cm³/mol. The fourth-order valence-electron chi connectivity index (χ4n) is 12.1. The molecular weight excluding hydrogens is 1770 g/mol. The van der Waals surface area contributed by atoms with Crippen LogP contribution in [0.5, 0.6) is 11.5 Å². The summed E-state index contributed by atoms with van der Waals surface area (Å²) in [5.74, 6) is -1.49. The summed E-state index contributed by atoms with van der Waals surface area (Å²) in [6.07, 6.45) is -27.6. The molecule has 0 spiro atoms. The number of carbonyl (C=O) groups is 2. The molecule has 127 heavy (non-hydrogen) atoms. The number of hydrogen-bond donors (Lipinski definition) is 4. The Morgan fingerprint density at radius 3 is 1.26 bits per heavy atom. The van der Waals surface area contributed by atoms with Crippen molar-refractivity contribution in [3.63, 3.8) is 0 Å². The Bertz CT molecular complexity index is 6290. The molecule has 0 fully saturated rings. The highest BCUT2D eigenvalue weighted by Crippen LogP contribution is 2.62. The van der Waals surface area contributed by atoms with Gasteiger partial charge in [0.2, 0.25) is 0 Å². The van der Waals surface area contributed by atoms with Gasteiger partial charge in [-0.1, -0.05) is 72.8 Å². The van der Waals surface area contributed by atoms with Gasteiger partial charge in [-0.25, -0.2) is 31.0 Å². The molecule has 0 saturated carbocycles. The first kappa shape index (κ1) is 99.0. The Hall–Kier alpha value is -13.4. The van der Waals surface area contributed by atoms with Gasteiger partial charge in [-0.05, 0) is 203 Å². The number of nitrogens with one attached hydrogen (secondary N) is 3. The molecule has 20 nitrogen and oxygen atoms in total. The molecule has 1 heterocycles. The minimum absolute atomic E-state index is 0.0132. The topological polar surface area (TPSA) is 320 Å². The van der Waals surface area contributed by atoms with Crippen LogP contribution in [0.3, 0.4) is 0 Å². The number of halogens is 18. The fraction of sp³-hybridized carbons (Fsp3) is 0.221. The first-order valence-corrected chi connectivity index (χ1v) is 41.5. The molecule has 1 atom stereocenters. The van der Waals surface area contributed by atoms with E-state index in [9.17, 15) is 125 Å². The largest absolute Gasteiger partial charge is 0.584 e. The number of alkyl halides is 18. The van der Waals surface area contributed by atoms with Crippen molar-refractivity contribution in [1.29, 1.82) is 21.0 Å². The van der Waals surface area contributed by atoms with Crippen molar-refractivity contribution in [2.75, 3.05) is 23.1 Å². The van der Waals surface area contributed by atoms with Gasteiger partial charge in [-0.15, -0.1) is 0 Å². The second-order valence-electron chi connectivity index (χ2n) is 29.5. The van der Waals surface area contributed by atoms with E-state index in [-0.39, 0.29) is 93.8 Å². The maximum atomic E-state index is 14.0. The van der Waals surface area contributed by atoms with Crippen LogP contribution in [-0.4, -0.2) is 63.8 Å². The van der Waals surface area contributed by atoms with Gasteiger partial charge in [-0.3, -0.25) is 4.89 Å². The molecule has 10 aromatic carbocycles. The highest BCUT2D eigenvalue weighted by Gasteiger charge is 2.44. The van der Waals surface area contributed by atoms with E-state index in [2.05, 4.69) is 20.9 Å². The van der Waals surface area contributed by atoms with Gasteiger partial charge >= 0.3 is 57.1 Å². The standard InChI is InChI=1S/C36H17F12O4P.C25H25F3N4O4S.C14H16N2O4S.C11H9F3N2/c37-33(38,39)21-9-19(10-22(15-21)34(40,41)42)27-13-17-5-1-3-7-25(17)29-30-26-8-4-2-6-18(26)14-28(32(30)52-53(49,50)51-31(27)29)20-11-23(35(43,44)45)16-24(12-20)36(46,47)48;1-15(31-18-8-6-7-17(12-18)25(26,27)28)20(14-30)22(32-23(33)36-24(2,3)4)19-10-9-16(13-29)11-21(19)37(5,34)35;1-14(2,3)20-13(17)16-9-11-6-5-10(8-15)7-12(11)21(4,18)19;1-8(5-6-15)16-10-4-2-3-9(7-10)11(12,13)14/h1-16H,(H,49,50);6-12,22,31H,1-5H3,(H,32,33);5-7,9H,1-4H3;2-5,7,16H,1H3/b;20-15-;;8-5+/t;22-;;/m.1../s1. The number of phosphoric acid groups is 1. The molecule has 10 aromatic rings. The molecule has 1 aliphatic heterocycles. The number of phosphoric ester groups is 1. The number of alkyl carbamates (subject to hydrolysis) is 1. The van der Waals surface area contributed by atoms with Crippen LogP contribution in [0, 0.1) is 45.3 Å². The van der Waals surface area contributed by atoms with Crippen molar-refractivity contribution in [2.24, 2.45) is 4.99 Å². The van der Waals surface area contributed by atoms with E-state index in [0.29, 0.717) is 35.6 Å². The Morgan fingerprint density at radius 2 is 0.882 bits per heavy atom. The van der Waals surface area contributed by atoms with Crippen molar-refractivity contribution in [3.8, 4) is 69.2 Å². The van der Waals surface area contributed by atoms with Crippen molar-refractivity contribution >= 4 is 78.8 Å². The van der Waals surface area contributed by atoms with Crippen LogP contribution in [0.4, 0.5) is 100.0 Å². The van der Waals surface area contributed by atoms with E-state index in [1.807, 2.05) is 18.2 Å². The molecule has 0 bridgehead atoms. The minimum atomic E-state index is -5.61. The van der Waals surface area contributed by atoms with E-state index in [4.69, 9.17) is 29.0 Å². The van der Waals surface area contributed by atoms with Gasteiger partial charge in [0.15, 0.2) is 19.7 Å². The molecule has 0 aliphatic carbocycles. The molecule has 41 heteroatoms. The van der Waals surface area contributed by atoms with Gasteiger partial charge in [0, 0.05) is 75.4 Å². The third kappa shape index (κ3) is 26.4. The number of benzene rings is 10. The van der Waals surface area contributed by atoms with Gasteiger partial charge in [0.1, 0.15) is 22.7 Å². The third-order valence-electron chi connectivity index (χ3n) is 17.4. The normalized spacial score (nSPS) is 13.6. The summed E-state index contributed by atoms with van der Waals surface area (Å²) in [5.41, 5.74) is -12.2. The number of amides is 2. The first-order chi connectivity index (χ1) is 58.4. The molecule has 0 radical (unpaired) electrons. The molecule has 666 valence electrons. The summed E-state index contributed by atoms with van der Waals surface area (Å²) in [6, 6.07) is 37.9. The molecule has 2 amide bonds. The number of aliphatic imine (C=N–C) groups is 1. The Kier molecular flexibility index (Phi) is 29.5. The summed E-state index contributed by atoms with van der Waals surface area (Å²) in [4.78, 5) is 38.4. The summed E-state index contributed by atoms with van der Waals surface area (Å²) < 4.78 is 328. The Labute approximate surface area is 712 Å². The summed E-state index contributed by atoms with van der Waals surface area (Å²) >= 11 is 0. The molecule has 4 N–H and O–H groups in total. The van der Waals surface area contributed by atoms with Crippen molar-refractivity contribution in [3.05, 3.63) is 261 Å². The number of sulfone groups is 2. The fourth-order valence-corrected chi connectivity index (χ4v) is 14.9. The second-order valence-corrected chi connectivity index (χ2v) is 34.8. The van der Waals surface area contributed by atoms with Crippen LogP contribution in [0.1, 0.15) is 117 Å². The van der Waals surface area contributed by atoms with Gasteiger partial charge in [0.25, 0.3) is 0 Å². The van der Waals surface area contributed by atoms with E-state index in [1.54, 1.807) is 54.5 Å². The van der Waals surface area contributed by atoms with Gasteiger partial charge < -0.3 is 34.5 Å². The first-order valence-electron chi connectivity index (χ1n) is 36.2. The van der Waals surface area contributed by atoms with E-state index < -0.39 is 161 Å². The number of nitriles is 4. The summed E-state index contributed by atoms with van der Waals surface area (Å²) in [6.45, 7) is 12.9. The number of anilines is 2. The SMILES string of the molecule is C/C(=C\C#N)Nc1cccc(C(F)(F)F)c1.C/C(Nc1cccc(C(F)(F)F)c1)=C(\C#N)[C@H](NC(=O)OC(C)(C)C)c1ccc(C#N)cc1S(C)(=O)=O.CC(C)(C)OC(=O)N=Cc1ccc(C#N)cc1S(C)(=O)=O.O=P1(O)Oc2c(-c3cc(C(F)(F)F)cc(C(F)(F)F)c3)cc3ccccc3c2-c2c(c(-c3cc(C(F)(F)F)cc(C(F)(F)F)c3)cc3ccccc23)O1. The van der Waals surface area contributed by atoms with E-state index in [1.165, 1.54) is 116 Å². The number of carbonyl (C=O) groups excluding carboxylic acids is 2. The van der Waals surface area contributed by atoms with Crippen LogP contribution in [0.2, 0.25) is 0 Å². The Balaban J connectivity index is 0.000000233. The highest BCUT2D eigenvalue weighted by atomic mass is 32.2. The zero-order chi connectivity index (χ0) is 95.1. The lowest BCUT2D eigenvalue weighted by Gasteiger charge is -2.26. The molecule has 0 saturated heterocycles. The average molecular weight is 1840 g/mol. The quantitative estimate of drug-likeness (QED) is 0.0382. The maximum absolute atomic E-state index is 14.0. The van der Waals surface area contributed by atoms with Gasteiger partial charge in [-0.2, -0.15) is 105 Å². The zero-order valence-electron chi connectivity index (χ0n) is 67.3. The molecular formula is C86H67F18N8O12PS2. The lowest BCUT2D eigenvalue weighted by molar-refractivity contribution is -0.144. The van der Waals surface area contributed by atoms with Gasteiger partial charge in [0.05, 0.1) is 90.2 Å². The molecule has 1 aliphatic rings. The van der Waals surface area contributed by atoms with Crippen molar-refractivity contribution < 1.29 is 133 Å². The van der Waals surface area contributed by atoms with E-state index >= 15 is 0 Å². The number of hydrogen-bond acceptors (Lipinski definition) is 17. The summed E-state index contributed by atoms with van der Waals surface area (Å²) in [7, 11) is -13.1. The molecule has 0 aromatic heterocycles. The summed E-state index contributed by atoms with van der Waals surface area (Å²) in [5, 5.41) is 44.8. The lowest BCUT2D eigenvalue weighted by Crippen LogP contribution is -2.36. The van der Waals surface area contributed by atoms with Crippen LogP contribution in [-0.2, 0) is 70.8 Å². The number of nitrogens with zero attached hydrogens (tertiary/aromatic N) is 5. The third-order valence-corrected chi connectivity index (χ3v) is 20.5. The average Bonchev–Trinajstić information content (AvgIpc) is 1.65. The highest BCUT2D eigenvalue weighted by molar-refractivity contribution is 7.91. The number of fused-ring (bicyclic) bond motifs is 7. The lowest BCUT2D eigenvalue weighted by atomic mass is 9.85. The van der Waals surface area contributed by atoms with E-state index in [0.717, 1.165) is 61.2 Å². The molecule has 11 rings (SSSR count). The number of ether oxygens (including phenoxy) is 2. The number of rotatable bonds is 12. The predicted octanol–water partition coefficient (Wildman–Crippen LogP) is 24.3. The Morgan fingerprint density at radius 1 is 0.488 bits per heavy atom. The van der Waals surface area contributed by atoms with Crippen LogP contribution in [0.15, 0.2) is 220 Å². The molecule has 0 unspecified atom stereocenters. The van der Waals surface area contributed by atoms with Crippen LogP contribution < -0.4 is 25.0 Å². The van der Waals surface area contributed by atoms with Crippen molar-refractivity contribution in [2.45, 2.75) is 119 Å². The zero-order valence-corrected chi connectivity index (χ0v) is 69.8. The van der Waals surface area contributed by atoms with Crippen LogP contribution >= 0.6 is 7.82 Å². The maximum Gasteiger partial charge on any atom is 0.584 e. The second kappa shape index (κ2) is 37.8. The van der Waals surface area contributed by atoms with Crippen molar-refractivity contribution in [1.82, 2.24) is 5.32 Å². The smallest absolute Gasteiger partial charge is 0.444 e.